The molecule has 7 nitrogen and oxygen atoms in total. The largest absolute Gasteiger partial charge is 0.496 e. The van der Waals surface area contributed by atoms with Gasteiger partial charge in [0.2, 0.25) is 5.91 Å². The molecule has 35 heavy (non-hydrogen) atoms. The molecule has 0 radical (unpaired) electrons. The first-order valence-corrected chi connectivity index (χ1v) is 11.8. The van der Waals surface area contributed by atoms with E-state index in [-0.39, 0.29) is 17.6 Å². The fourth-order valence-electron chi connectivity index (χ4n) is 4.44. The number of methoxy groups -OCH3 is 1. The zero-order valence-electron chi connectivity index (χ0n) is 19.2. The smallest absolute Gasteiger partial charge is 0.229 e. The van der Waals surface area contributed by atoms with Crippen molar-refractivity contribution in [3.05, 3.63) is 71.4 Å². The summed E-state index contributed by atoms with van der Waals surface area (Å²) < 4.78 is 21.3. The minimum absolute atomic E-state index is 0.0615. The first-order chi connectivity index (χ1) is 17.0. The van der Waals surface area contributed by atoms with Crippen LogP contribution in [-0.2, 0) is 11.3 Å². The van der Waals surface area contributed by atoms with E-state index in [0.717, 1.165) is 41.5 Å². The predicted molar refractivity (Wildman–Crippen MR) is 134 cm³/mol. The number of hydrogen-bond acceptors (Lipinski definition) is 5. The topological polar surface area (TPSA) is 81.1 Å². The SMILES string of the molecule is COc1cc2ncn(Cc3cccc(F)c3)c2cc1-c1cc(NC(=O)C2CCCNC2)ncc1Cl. The van der Waals surface area contributed by atoms with Crippen LogP contribution in [0, 0.1) is 11.7 Å². The molecule has 2 aromatic heterocycles. The van der Waals surface area contributed by atoms with Crippen LogP contribution in [0.3, 0.4) is 0 Å². The van der Waals surface area contributed by atoms with E-state index in [9.17, 15) is 9.18 Å². The normalized spacial score (nSPS) is 15.8. The van der Waals surface area contributed by atoms with Crippen LogP contribution >= 0.6 is 11.6 Å². The zero-order chi connectivity index (χ0) is 24.4. The third kappa shape index (κ3) is 4.99. The molecule has 1 aliphatic heterocycles. The summed E-state index contributed by atoms with van der Waals surface area (Å²) in [5, 5.41) is 6.61. The summed E-state index contributed by atoms with van der Waals surface area (Å²) in [6, 6.07) is 12.0. The molecule has 0 bridgehead atoms. The van der Waals surface area contributed by atoms with Crippen molar-refractivity contribution in [2.45, 2.75) is 19.4 Å². The van der Waals surface area contributed by atoms with E-state index >= 15 is 0 Å². The number of fused-ring (bicyclic) bond motifs is 1. The highest BCUT2D eigenvalue weighted by atomic mass is 35.5. The van der Waals surface area contributed by atoms with Crippen LogP contribution in [0.1, 0.15) is 18.4 Å². The van der Waals surface area contributed by atoms with Crippen LogP contribution in [0.15, 0.2) is 55.0 Å². The summed E-state index contributed by atoms with van der Waals surface area (Å²) in [7, 11) is 1.59. The molecule has 9 heteroatoms. The van der Waals surface area contributed by atoms with Crippen LogP contribution in [-0.4, -0.2) is 40.6 Å². The number of benzene rings is 2. The Balaban J connectivity index is 1.50. The number of halogens is 2. The van der Waals surface area contributed by atoms with Gasteiger partial charge in [0.25, 0.3) is 0 Å². The maximum atomic E-state index is 13.7. The monoisotopic (exact) mass is 493 g/mol. The molecule has 4 aromatic rings. The molecule has 1 fully saturated rings. The van der Waals surface area contributed by atoms with Crippen LogP contribution in [0.25, 0.3) is 22.2 Å². The number of anilines is 1. The Morgan fingerprint density at radius 1 is 1.26 bits per heavy atom. The summed E-state index contributed by atoms with van der Waals surface area (Å²) in [6.45, 7) is 2.05. The Bertz CT molecular complexity index is 1380. The number of ether oxygens (including phenoxy) is 1. The fraction of sp³-hybridized carbons (Fsp3) is 0.269. The second-order valence-corrected chi connectivity index (χ2v) is 9.03. The number of piperidine rings is 1. The molecule has 0 spiro atoms. The second kappa shape index (κ2) is 10.0. The lowest BCUT2D eigenvalue weighted by atomic mass is 9.99. The lowest BCUT2D eigenvalue weighted by molar-refractivity contribution is -0.120. The van der Waals surface area contributed by atoms with Gasteiger partial charge in [-0.1, -0.05) is 23.7 Å². The fourth-order valence-corrected chi connectivity index (χ4v) is 4.65. The van der Waals surface area contributed by atoms with Crippen LogP contribution in [0.4, 0.5) is 10.2 Å². The third-order valence-corrected chi connectivity index (χ3v) is 6.55. The molecule has 1 atom stereocenters. The molecule has 1 saturated heterocycles. The summed E-state index contributed by atoms with van der Waals surface area (Å²) in [6.07, 6.45) is 5.06. The summed E-state index contributed by atoms with van der Waals surface area (Å²) in [5.41, 5.74) is 3.83. The van der Waals surface area contributed by atoms with Gasteiger partial charge in [0.1, 0.15) is 17.4 Å². The van der Waals surface area contributed by atoms with Crippen molar-refractivity contribution < 1.29 is 13.9 Å². The number of rotatable bonds is 6. The Hall–Kier alpha value is -3.49. The molecule has 1 unspecified atom stereocenters. The summed E-state index contributed by atoms with van der Waals surface area (Å²) in [5.74, 6) is 0.587. The molecule has 5 rings (SSSR count). The number of hydrogen-bond donors (Lipinski definition) is 2. The average molecular weight is 494 g/mol. The molecular formula is C26H25ClFN5O2. The van der Waals surface area contributed by atoms with Crippen molar-refractivity contribution in [3.8, 4) is 16.9 Å². The lowest BCUT2D eigenvalue weighted by Gasteiger charge is -2.21. The maximum Gasteiger partial charge on any atom is 0.229 e. The third-order valence-electron chi connectivity index (χ3n) is 6.25. The zero-order valence-corrected chi connectivity index (χ0v) is 20.0. The number of carbonyl (C=O) groups excluding carboxylic acids is 1. The van der Waals surface area contributed by atoms with Crippen molar-refractivity contribution in [3.63, 3.8) is 0 Å². The highest BCUT2D eigenvalue weighted by molar-refractivity contribution is 6.33. The molecule has 0 aliphatic carbocycles. The first kappa shape index (κ1) is 23.3. The van der Waals surface area contributed by atoms with Gasteiger partial charge in [-0.2, -0.15) is 0 Å². The van der Waals surface area contributed by atoms with Crippen LogP contribution < -0.4 is 15.4 Å². The number of nitrogens with one attached hydrogen (secondary N) is 2. The number of nitrogens with zero attached hydrogens (tertiary/aromatic N) is 3. The molecule has 2 aromatic carbocycles. The van der Waals surface area contributed by atoms with Gasteiger partial charge in [0.15, 0.2) is 0 Å². The van der Waals surface area contributed by atoms with E-state index in [4.69, 9.17) is 16.3 Å². The van der Waals surface area contributed by atoms with Crippen molar-refractivity contribution in [1.29, 1.82) is 0 Å². The minimum atomic E-state index is -0.281. The van der Waals surface area contributed by atoms with Crippen LogP contribution in [0.5, 0.6) is 5.75 Å². The highest BCUT2D eigenvalue weighted by Crippen LogP contribution is 2.38. The van der Waals surface area contributed by atoms with E-state index in [2.05, 4.69) is 20.6 Å². The second-order valence-electron chi connectivity index (χ2n) is 8.63. The van der Waals surface area contributed by atoms with E-state index in [1.54, 1.807) is 25.6 Å². The van der Waals surface area contributed by atoms with Crippen molar-refractivity contribution >= 4 is 34.4 Å². The van der Waals surface area contributed by atoms with Gasteiger partial charge in [-0.05, 0) is 49.2 Å². The van der Waals surface area contributed by atoms with E-state index in [1.165, 1.54) is 18.3 Å². The van der Waals surface area contributed by atoms with Crippen molar-refractivity contribution in [2.24, 2.45) is 5.92 Å². The lowest BCUT2D eigenvalue weighted by Crippen LogP contribution is -2.37. The molecule has 2 N–H and O–H groups in total. The Morgan fingerprint density at radius 3 is 2.91 bits per heavy atom. The predicted octanol–water partition coefficient (Wildman–Crippen LogP) is 4.89. The number of imidazole rings is 1. The van der Waals surface area contributed by atoms with Gasteiger partial charge in [0, 0.05) is 36.5 Å². The Labute approximate surface area is 207 Å². The summed E-state index contributed by atoms with van der Waals surface area (Å²) >= 11 is 6.55. The van der Waals surface area contributed by atoms with E-state index in [0.29, 0.717) is 35.2 Å². The molecule has 180 valence electrons. The Kier molecular flexibility index (Phi) is 6.66. The van der Waals surface area contributed by atoms with Gasteiger partial charge in [-0.3, -0.25) is 4.79 Å². The minimum Gasteiger partial charge on any atom is -0.496 e. The van der Waals surface area contributed by atoms with Gasteiger partial charge in [-0.25, -0.2) is 14.4 Å². The van der Waals surface area contributed by atoms with E-state index < -0.39 is 0 Å². The molecular weight excluding hydrogens is 469 g/mol. The van der Waals surface area contributed by atoms with Gasteiger partial charge in [0.05, 0.1) is 35.4 Å². The molecule has 1 amide bonds. The average Bonchev–Trinajstić information content (AvgIpc) is 3.26. The first-order valence-electron chi connectivity index (χ1n) is 11.5. The molecule has 3 heterocycles. The summed E-state index contributed by atoms with van der Waals surface area (Å²) in [4.78, 5) is 21.5. The maximum absolute atomic E-state index is 13.7. The van der Waals surface area contributed by atoms with E-state index in [1.807, 2.05) is 22.8 Å². The quantitative estimate of drug-likeness (QED) is 0.400. The van der Waals surface area contributed by atoms with Gasteiger partial charge in [-0.15, -0.1) is 0 Å². The Morgan fingerprint density at radius 2 is 2.14 bits per heavy atom. The van der Waals surface area contributed by atoms with Gasteiger partial charge >= 0.3 is 0 Å². The number of aromatic nitrogens is 3. The van der Waals surface area contributed by atoms with Crippen LogP contribution in [0.2, 0.25) is 5.02 Å². The van der Waals surface area contributed by atoms with Gasteiger partial charge < -0.3 is 19.9 Å². The number of amides is 1. The molecule has 1 aliphatic rings. The van der Waals surface area contributed by atoms with Crippen molar-refractivity contribution in [2.75, 3.05) is 25.5 Å². The molecule has 0 saturated carbocycles. The highest BCUT2D eigenvalue weighted by Gasteiger charge is 2.22. The number of pyridine rings is 1. The number of carbonyl (C=O) groups is 1. The standard InChI is InChI=1S/C26H25ClFN5O2/c1-35-24-11-22-23(33(15-31-22)14-16-4-2-6-18(28)8-16)9-20(24)19-10-25(30-13-21(19)27)32-26(34)17-5-3-7-29-12-17/h2,4,6,8-11,13,15,17,29H,3,5,7,12,14H2,1H3,(H,30,32,34). The van der Waals surface area contributed by atoms with Crippen molar-refractivity contribution in [1.82, 2.24) is 19.9 Å².